The monoisotopic (exact) mass is 464 g/mol. The number of pyridine rings is 3. The van der Waals surface area contributed by atoms with Crippen molar-refractivity contribution in [2.45, 2.75) is 37.8 Å². The smallest absolute Gasteiger partial charge is 0.274 e. The molecule has 176 valence electrons. The Morgan fingerprint density at radius 3 is 2.62 bits per heavy atom. The van der Waals surface area contributed by atoms with Gasteiger partial charge in [-0.05, 0) is 37.1 Å². The molecule has 3 aromatic rings. The molecule has 3 heterocycles. The van der Waals surface area contributed by atoms with Crippen LogP contribution in [0.1, 0.15) is 46.5 Å². The lowest BCUT2D eigenvalue weighted by Crippen LogP contribution is -2.43. The van der Waals surface area contributed by atoms with E-state index in [0.29, 0.717) is 5.56 Å². The lowest BCUT2D eigenvalue weighted by atomic mass is 9.91. The van der Waals surface area contributed by atoms with Gasteiger partial charge in [0.25, 0.3) is 11.8 Å². The Morgan fingerprint density at radius 1 is 1.12 bits per heavy atom. The Balaban J connectivity index is 1.70. The minimum atomic E-state index is -0.863. The van der Waals surface area contributed by atoms with Gasteiger partial charge in [-0.3, -0.25) is 14.6 Å². The van der Waals surface area contributed by atoms with Crippen LogP contribution in [-0.4, -0.2) is 38.8 Å². The number of hydrogen-bond donors (Lipinski definition) is 5. The number of carbonyl (C=O) groups is 2. The zero-order valence-electron chi connectivity index (χ0n) is 18.3. The molecule has 10 nitrogen and oxygen atoms in total. The van der Waals surface area contributed by atoms with E-state index in [-0.39, 0.29) is 46.4 Å². The third-order valence-corrected chi connectivity index (χ3v) is 5.72. The van der Waals surface area contributed by atoms with Crippen LogP contribution in [0.15, 0.2) is 42.7 Å². The van der Waals surface area contributed by atoms with Crippen LogP contribution in [0, 0.1) is 5.82 Å². The van der Waals surface area contributed by atoms with Gasteiger partial charge in [-0.2, -0.15) is 0 Å². The van der Waals surface area contributed by atoms with E-state index in [1.807, 2.05) is 0 Å². The second-order valence-electron chi connectivity index (χ2n) is 8.10. The first-order valence-corrected chi connectivity index (χ1v) is 10.8. The number of hydrogen-bond acceptors (Lipinski definition) is 8. The zero-order valence-corrected chi connectivity index (χ0v) is 18.3. The number of amides is 2. The molecule has 34 heavy (non-hydrogen) atoms. The second-order valence-corrected chi connectivity index (χ2v) is 8.10. The van der Waals surface area contributed by atoms with Gasteiger partial charge in [0.1, 0.15) is 11.5 Å². The fourth-order valence-electron chi connectivity index (χ4n) is 3.90. The Morgan fingerprint density at radius 2 is 1.91 bits per heavy atom. The predicted octanol–water partition coefficient (Wildman–Crippen LogP) is 2.29. The SMILES string of the molecule is NC(=O)c1cc(F)c(NC2CCCCC2N)nc1-c1cnc(N)c(NC(=O)c2ccccn2)c1. The molecule has 0 aromatic carbocycles. The van der Waals surface area contributed by atoms with E-state index in [0.717, 1.165) is 31.7 Å². The predicted molar refractivity (Wildman–Crippen MR) is 126 cm³/mol. The van der Waals surface area contributed by atoms with Gasteiger partial charge < -0.3 is 27.8 Å². The van der Waals surface area contributed by atoms with Gasteiger partial charge in [-0.25, -0.2) is 14.4 Å². The van der Waals surface area contributed by atoms with Gasteiger partial charge in [0.15, 0.2) is 11.6 Å². The van der Waals surface area contributed by atoms with Crippen molar-refractivity contribution in [1.29, 1.82) is 0 Å². The van der Waals surface area contributed by atoms with E-state index in [1.165, 1.54) is 18.5 Å². The van der Waals surface area contributed by atoms with Crippen molar-refractivity contribution in [3.63, 3.8) is 0 Å². The molecule has 0 saturated heterocycles. The van der Waals surface area contributed by atoms with Crippen LogP contribution in [0.3, 0.4) is 0 Å². The summed E-state index contributed by atoms with van der Waals surface area (Å²) in [4.78, 5) is 37.0. The average Bonchev–Trinajstić information content (AvgIpc) is 2.83. The van der Waals surface area contributed by atoms with Crippen LogP contribution in [0.5, 0.6) is 0 Å². The fraction of sp³-hybridized carbons (Fsp3) is 0.261. The number of carbonyl (C=O) groups excluding carboxylic acids is 2. The van der Waals surface area contributed by atoms with E-state index in [9.17, 15) is 14.0 Å². The Hall–Kier alpha value is -4.12. The summed E-state index contributed by atoms with van der Waals surface area (Å²) in [7, 11) is 0. The van der Waals surface area contributed by atoms with Crippen molar-refractivity contribution in [2.75, 3.05) is 16.4 Å². The third kappa shape index (κ3) is 4.94. The Bertz CT molecular complexity index is 1220. The standard InChI is InChI=1S/C23H25FN8O2/c24-14-10-13(21(27)33)19(32-22(14)30-16-6-2-1-5-15(16)25)12-9-18(20(26)29-11-12)31-23(34)17-7-3-4-8-28-17/h3-4,7-11,15-16H,1-2,5-6,25H2,(H2,26,29)(H2,27,33)(H,30,32)(H,31,34). The van der Waals surface area contributed by atoms with Crippen LogP contribution in [-0.2, 0) is 0 Å². The number of rotatable bonds is 6. The highest BCUT2D eigenvalue weighted by molar-refractivity contribution is 6.05. The first-order valence-electron chi connectivity index (χ1n) is 10.8. The van der Waals surface area contributed by atoms with Crippen molar-refractivity contribution < 1.29 is 14.0 Å². The van der Waals surface area contributed by atoms with Gasteiger partial charge in [0.2, 0.25) is 0 Å². The molecule has 0 spiro atoms. The first-order chi connectivity index (χ1) is 16.3. The summed E-state index contributed by atoms with van der Waals surface area (Å²) < 4.78 is 14.8. The molecule has 11 heteroatoms. The van der Waals surface area contributed by atoms with Crippen LogP contribution >= 0.6 is 0 Å². The molecular weight excluding hydrogens is 439 g/mol. The topological polar surface area (TPSA) is 175 Å². The lowest BCUT2D eigenvalue weighted by molar-refractivity contribution is 0.0997. The molecule has 3 aromatic heterocycles. The summed E-state index contributed by atoms with van der Waals surface area (Å²) in [6.45, 7) is 0. The zero-order chi connectivity index (χ0) is 24.2. The molecule has 4 rings (SSSR count). The summed E-state index contributed by atoms with van der Waals surface area (Å²) in [5.74, 6) is -2.08. The van der Waals surface area contributed by atoms with Crippen molar-refractivity contribution in [2.24, 2.45) is 11.5 Å². The van der Waals surface area contributed by atoms with E-state index < -0.39 is 17.6 Å². The quantitative estimate of drug-likeness (QED) is 0.369. The molecule has 1 saturated carbocycles. The molecule has 1 fully saturated rings. The number of anilines is 3. The minimum absolute atomic E-state index is 0.0433. The normalized spacial score (nSPS) is 17.7. The van der Waals surface area contributed by atoms with Crippen molar-refractivity contribution >= 4 is 29.1 Å². The van der Waals surface area contributed by atoms with E-state index in [2.05, 4.69) is 25.6 Å². The molecular formula is C23H25FN8O2. The molecule has 0 bridgehead atoms. The highest BCUT2D eigenvalue weighted by atomic mass is 19.1. The third-order valence-electron chi connectivity index (χ3n) is 5.72. The van der Waals surface area contributed by atoms with Crippen LogP contribution in [0.4, 0.5) is 21.7 Å². The maximum absolute atomic E-state index is 14.8. The largest absolute Gasteiger partial charge is 0.382 e. The van der Waals surface area contributed by atoms with Crippen molar-refractivity contribution in [3.8, 4) is 11.3 Å². The van der Waals surface area contributed by atoms with Gasteiger partial charge in [-0.1, -0.05) is 18.9 Å². The molecule has 8 N–H and O–H groups in total. The Kier molecular flexibility index (Phi) is 6.64. The second kappa shape index (κ2) is 9.79. The molecule has 2 atom stereocenters. The van der Waals surface area contributed by atoms with E-state index >= 15 is 0 Å². The van der Waals surface area contributed by atoms with Gasteiger partial charge >= 0.3 is 0 Å². The summed E-state index contributed by atoms with van der Waals surface area (Å²) in [5, 5.41) is 5.71. The summed E-state index contributed by atoms with van der Waals surface area (Å²) in [6, 6.07) is 7.14. The highest BCUT2D eigenvalue weighted by Crippen LogP contribution is 2.30. The summed E-state index contributed by atoms with van der Waals surface area (Å²) in [5.41, 5.74) is 18.3. The average molecular weight is 465 g/mol. The van der Waals surface area contributed by atoms with Crippen molar-refractivity contribution in [3.05, 3.63) is 59.8 Å². The van der Waals surface area contributed by atoms with Crippen LogP contribution in [0.25, 0.3) is 11.3 Å². The molecule has 0 aliphatic heterocycles. The molecule has 1 aliphatic rings. The van der Waals surface area contributed by atoms with Crippen LogP contribution in [0.2, 0.25) is 0 Å². The molecule has 2 amide bonds. The molecule has 2 unspecified atom stereocenters. The van der Waals surface area contributed by atoms with Crippen LogP contribution < -0.4 is 27.8 Å². The number of halogens is 1. The van der Waals surface area contributed by atoms with Gasteiger partial charge in [0, 0.05) is 30.0 Å². The minimum Gasteiger partial charge on any atom is -0.382 e. The number of nitrogen functional groups attached to an aromatic ring is 1. The lowest BCUT2D eigenvalue weighted by Gasteiger charge is -2.30. The van der Waals surface area contributed by atoms with E-state index in [4.69, 9.17) is 17.2 Å². The summed E-state index contributed by atoms with van der Waals surface area (Å²) in [6.07, 6.45) is 6.45. The van der Waals surface area contributed by atoms with Gasteiger partial charge in [-0.15, -0.1) is 0 Å². The van der Waals surface area contributed by atoms with E-state index in [1.54, 1.807) is 18.2 Å². The maximum Gasteiger partial charge on any atom is 0.274 e. The van der Waals surface area contributed by atoms with Gasteiger partial charge in [0.05, 0.1) is 16.9 Å². The maximum atomic E-state index is 14.8. The summed E-state index contributed by atoms with van der Waals surface area (Å²) >= 11 is 0. The highest BCUT2D eigenvalue weighted by Gasteiger charge is 2.25. The Labute approximate surface area is 195 Å². The molecule has 1 aliphatic carbocycles. The fourth-order valence-corrected chi connectivity index (χ4v) is 3.90. The molecule has 0 radical (unpaired) electrons. The van der Waals surface area contributed by atoms with Crippen molar-refractivity contribution in [1.82, 2.24) is 15.0 Å². The number of primary amides is 1. The number of aromatic nitrogens is 3. The number of nitrogens with one attached hydrogen (secondary N) is 2. The number of nitrogens with zero attached hydrogens (tertiary/aromatic N) is 3. The number of nitrogens with two attached hydrogens (primary N) is 3. The first kappa shape index (κ1) is 23.1.